The lowest BCUT2D eigenvalue weighted by molar-refractivity contribution is -0.137. The second-order valence-electron chi connectivity index (χ2n) is 8.63. The Kier molecular flexibility index (Phi) is 7.35. The molecule has 4 rings (SSSR count). The van der Waals surface area contributed by atoms with Gasteiger partial charge >= 0.3 is 6.18 Å². The van der Waals surface area contributed by atoms with Gasteiger partial charge in [0.15, 0.2) is 5.69 Å². The number of morpholine rings is 1. The number of nitrogens with zero attached hydrogens (tertiary/aromatic N) is 3. The predicted molar refractivity (Wildman–Crippen MR) is 117 cm³/mol. The summed E-state index contributed by atoms with van der Waals surface area (Å²) < 4.78 is 46.0. The Labute approximate surface area is 191 Å². The van der Waals surface area contributed by atoms with Gasteiger partial charge in [-0.25, -0.2) is 0 Å². The van der Waals surface area contributed by atoms with Crippen molar-refractivity contribution in [3.05, 3.63) is 52.3 Å². The zero-order valence-corrected chi connectivity index (χ0v) is 18.7. The van der Waals surface area contributed by atoms with E-state index in [1.54, 1.807) is 10.7 Å². The van der Waals surface area contributed by atoms with Gasteiger partial charge in [0.05, 0.1) is 18.8 Å². The van der Waals surface area contributed by atoms with Crippen molar-refractivity contribution in [2.75, 3.05) is 39.4 Å². The molecule has 180 valence electrons. The summed E-state index contributed by atoms with van der Waals surface area (Å²) in [5.74, 6) is -0.182. The molecular weight excluding hydrogens is 435 g/mol. The van der Waals surface area contributed by atoms with Crippen molar-refractivity contribution in [1.29, 1.82) is 0 Å². The minimum atomic E-state index is -4.35. The van der Waals surface area contributed by atoms with E-state index in [9.17, 15) is 18.0 Å². The minimum absolute atomic E-state index is 0.0659. The van der Waals surface area contributed by atoms with E-state index in [-0.39, 0.29) is 11.9 Å². The Morgan fingerprint density at radius 2 is 2.06 bits per heavy atom. The number of ether oxygens (including phenoxy) is 1. The number of aryl methyl sites for hydroxylation is 1. The number of halogens is 3. The molecule has 0 saturated carbocycles. The van der Waals surface area contributed by atoms with Gasteiger partial charge in [-0.2, -0.15) is 18.3 Å². The Bertz CT molecular complexity index is 969. The van der Waals surface area contributed by atoms with Crippen molar-refractivity contribution in [3.63, 3.8) is 0 Å². The molecule has 1 fully saturated rings. The normalized spacial score (nSPS) is 19.3. The van der Waals surface area contributed by atoms with Crippen molar-refractivity contribution in [2.45, 2.75) is 38.0 Å². The van der Waals surface area contributed by atoms with E-state index in [4.69, 9.17) is 4.74 Å². The fourth-order valence-electron chi connectivity index (χ4n) is 4.50. The van der Waals surface area contributed by atoms with E-state index >= 15 is 0 Å². The van der Waals surface area contributed by atoms with Crippen molar-refractivity contribution < 1.29 is 22.7 Å². The average molecular weight is 466 g/mol. The summed E-state index contributed by atoms with van der Waals surface area (Å²) >= 11 is 0. The second kappa shape index (κ2) is 10.2. The Morgan fingerprint density at radius 3 is 2.82 bits per heavy atom. The molecule has 1 atom stereocenters. The summed E-state index contributed by atoms with van der Waals surface area (Å²) in [4.78, 5) is 15.1. The molecule has 7 nitrogen and oxygen atoms in total. The largest absolute Gasteiger partial charge is 0.416 e. The Morgan fingerprint density at radius 1 is 1.27 bits per heavy atom. The van der Waals surface area contributed by atoms with Crippen LogP contribution in [0, 0.1) is 0 Å². The maximum atomic E-state index is 13.0. The van der Waals surface area contributed by atoms with Crippen molar-refractivity contribution in [3.8, 4) is 0 Å². The molecule has 1 aromatic heterocycles. The average Bonchev–Trinajstić information content (AvgIpc) is 3.14. The summed E-state index contributed by atoms with van der Waals surface area (Å²) in [7, 11) is 1.85. The molecule has 1 aliphatic heterocycles. The van der Waals surface area contributed by atoms with Crippen LogP contribution in [0.4, 0.5) is 13.2 Å². The van der Waals surface area contributed by atoms with E-state index in [1.165, 1.54) is 12.1 Å². The molecule has 0 unspecified atom stereocenters. The lowest BCUT2D eigenvalue weighted by Gasteiger charge is -2.26. The van der Waals surface area contributed by atoms with E-state index in [0.29, 0.717) is 30.8 Å². The van der Waals surface area contributed by atoms with Gasteiger partial charge in [-0.1, -0.05) is 18.2 Å². The van der Waals surface area contributed by atoms with E-state index in [2.05, 4.69) is 20.6 Å². The molecular formula is C23H30F3N5O2. The Hall–Kier alpha value is -2.43. The molecule has 2 aromatic rings. The number of amides is 1. The van der Waals surface area contributed by atoms with Crippen LogP contribution in [-0.2, 0) is 37.3 Å². The summed E-state index contributed by atoms with van der Waals surface area (Å²) in [6.45, 7) is 4.83. The van der Waals surface area contributed by atoms with Gasteiger partial charge in [-0.05, 0) is 30.9 Å². The molecule has 0 spiro atoms. The van der Waals surface area contributed by atoms with Crippen molar-refractivity contribution in [1.82, 2.24) is 25.3 Å². The fourth-order valence-corrected chi connectivity index (χ4v) is 4.50. The zero-order valence-electron chi connectivity index (χ0n) is 18.7. The summed E-state index contributed by atoms with van der Waals surface area (Å²) in [5.41, 5.74) is 2.36. The number of fused-ring (bicyclic) bond motifs is 1. The summed E-state index contributed by atoms with van der Waals surface area (Å²) in [6.07, 6.45) is -2.13. The van der Waals surface area contributed by atoms with E-state index < -0.39 is 11.7 Å². The van der Waals surface area contributed by atoms with Crippen LogP contribution in [0.3, 0.4) is 0 Å². The lowest BCUT2D eigenvalue weighted by atomic mass is 9.91. The highest BCUT2D eigenvalue weighted by Gasteiger charge is 2.31. The lowest BCUT2D eigenvalue weighted by Crippen LogP contribution is -2.41. The molecule has 33 heavy (non-hydrogen) atoms. The first-order valence-corrected chi connectivity index (χ1v) is 11.3. The maximum Gasteiger partial charge on any atom is 0.416 e. The molecule has 1 aliphatic carbocycles. The van der Waals surface area contributed by atoms with Crippen LogP contribution in [-0.4, -0.2) is 66.0 Å². The molecule has 0 bridgehead atoms. The summed E-state index contributed by atoms with van der Waals surface area (Å²) in [5, 5.41) is 10.8. The van der Waals surface area contributed by atoms with Crippen LogP contribution in [0.25, 0.3) is 0 Å². The smallest absolute Gasteiger partial charge is 0.379 e. The zero-order chi connectivity index (χ0) is 23.4. The highest BCUT2D eigenvalue weighted by molar-refractivity contribution is 5.94. The molecule has 1 amide bonds. The number of carbonyl (C=O) groups excluding carboxylic acids is 1. The number of aromatic nitrogens is 2. The van der Waals surface area contributed by atoms with Crippen LogP contribution in [0.1, 0.15) is 39.3 Å². The van der Waals surface area contributed by atoms with Gasteiger partial charge in [-0.3, -0.25) is 14.4 Å². The van der Waals surface area contributed by atoms with Gasteiger partial charge in [-0.15, -0.1) is 0 Å². The van der Waals surface area contributed by atoms with E-state index in [1.807, 2.05) is 7.05 Å². The number of hydrogen-bond acceptors (Lipinski definition) is 5. The van der Waals surface area contributed by atoms with E-state index in [0.717, 1.165) is 63.0 Å². The van der Waals surface area contributed by atoms with Gasteiger partial charge in [0.1, 0.15) is 0 Å². The molecule has 2 aliphatic rings. The van der Waals surface area contributed by atoms with Gasteiger partial charge in [0, 0.05) is 57.1 Å². The first kappa shape index (κ1) is 23.7. The molecule has 10 heteroatoms. The monoisotopic (exact) mass is 465 g/mol. The maximum absolute atomic E-state index is 13.0. The number of carbonyl (C=O) groups is 1. The third-order valence-corrected chi connectivity index (χ3v) is 6.34. The summed E-state index contributed by atoms with van der Waals surface area (Å²) in [6, 6.07) is 5.44. The van der Waals surface area contributed by atoms with Crippen molar-refractivity contribution in [2.24, 2.45) is 7.05 Å². The quantitative estimate of drug-likeness (QED) is 0.656. The highest BCUT2D eigenvalue weighted by atomic mass is 19.4. The highest BCUT2D eigenvalue weighted by Crippen LogP contribution is 2.30. The van der Waals surface area contributed by atoms with Gasteiger partial charge in [0.2, 0.25) is 0 Å². The Balaban J connectivity index is 1.34. The molecule has 2 N–H and O–H groups in total. The van der Waals surface area contributed by atoms with Crippen LogP contribution in [0.2, 0.25) is 0 Å². The number of nitrogens with one attached hydrogen (secondary N) is 2. The number of benzene rings is 1. The number of hydrogen-bond donors (Lipinski definition) is 2. The SMILES string of the molecule is Cn1nc(C(=O)NCCN2CCOCC2)c2c1CC[C@@H](NCc1cccc(C(F)(F)F)c1)C2. The third kappa shape index (κ3) is 5.93. The van der Waals surface area contributed by atoms with Gasteiger partial charge < -0.3 is 15.4 Å². The van der Waals surface area contributed by atoms with Crippen LogP contribution in [0.5, 0.6) is 0 Å². The minimum Gasteiger partial charge on any atom is -0.379 e. The first-order valence-electron chi connectivity index (χ1n) is 11.3. The topological polar surface area (TPSA) is 71.4 Å². The standard InChI is InChI=1S/C23H30F3N5O2/c1-30-20-6-5-18(28-15-16-3-2-4-17(13-16)23(24,25)26)14-19(20)21(29-30)22(32)27-7-8-31-9-11-33-12-10-31/h2-4,13,18,28H,5-12,14-15H2,1H3,(H,27,32)/t18-/m1/s1. The molecule has 2 heterocycles. The number of alkyl halides is 3. The number of rotatable bonds is 7. The second-order valence-corrected chi connectivity index (χ2v) is 8.63. The molecule has 1 aromatic carbocycles. The molecule has 0 radical (unpaired) electrons. The van der Waals surface area contributed by atoms with Crippen LogP contribution in [0.15, 0.2) is 24.3 Å². The van der Waals surface area contributed by atoms with Crippen LogP contribution >= 0.6 is 0 Å². The fraction of sp³-hybridized carbons (Fsp3) is 0.565. The van der Waals surface area contributed by atoms with Crippen LogP contribution < -0.4 is 10.6 Å². The van der Waals surface area contributed by atoms with Crippen molar-refractivity contribution >= 4 is 5.91 Å². The molecule has 1 saturated heterocycles. The predicted octanol–water partition coefficient (Wildman–Crippen LogP) is 2.15. The third-order valence-electron chi connectivity index (χ3n) is 6.34. The first-order chi connectivity index (χ1) is 15.8. The van der Waals surface area contributed by atoms with Gasteiger partial charge in [0.25, 0.3) is 5.91 Å².